The predicted molar refractivity (Wildman–Crippen MR) is 70.4 cm³/mol. The second-order valence-corrected chi connectivity index (χ2v) is 4.69. The van der Waals surface area contributed by atoms with E-state index in [0.717, 1.165) is 0 Å². The number of nitro groups is 1. The van der Waals surface area contributed by atoms with E-state index < -0.39 is 4.92 Å². The standard InChI is InChI=1S/C11H13BrN2O4/c1-17-8-6-9(12)11(10(7-8)14(15)16)13-2-4-18-5-3-13/h6-7H,2-5H2,1H3. The third-order valence-corrected chi connectivity index (χ3v) is 3.38. The molecule has 2 rings (SSSR count). The lowest BCUT2D eigenvalue weighted by molar-refractivity contribution is -0.384. The molecule has 0 bridgehead atoms. The summed E-state index contributed by atoms with van der Waals surface area (Å²) in [5, 5.41) is 11.2. The van der Waals surface area contributed by atoms with Gasteiger partial charge in [-0.05, 0) is 22.0 Å². The smallest absolute Gasteiger partial charge is 0.297 e. The van der Waals surface area contributed by atoms with Crippen molar-refractivity contribution in [1.29, 1.82) is 0 Å². The Bertz CT molecular complexity index is 461. The molecule has 1 saturated heterocycles. The second-order valence-electron chi connectivity index (χ2n) is 3.83. The van der Waals surface area contributed by atoms with E-state index >= 15 is 0 Å². The number of halogens is 1. The van der Waals surface area contributed by atoms with Crippen LogP contribution in [0.1, 0.15) is 0 Å². The number of benzene rings is 1. The Morgan fingerprint density at radius 1 is 1.44 bits per heavy atom. The Morgan fingerprint density at radius 3 is 2.67 bits per heavy atom. The predicted octanol–water partition coefficient (Wildman–Crippen LogP) is 2.20. The molecule has 1 aromatic rings. The molecule has 0 aliphatic carbocycles. The molecule has 98 valence electrons. The lowest BCUT2D eigenvalue weighted by Crippen LogP contribution is -2.36. The first-order valence-corrected chi connectivity index (χ1v) is 6.27. The molecule has 0 unspecified atom stereocenters. The summed E-state index contributed by atoms with van der Waals surface area (Å²) < 4.78 is 11.0. The van der Waals surface area contributed by atoms with Crippen LogP contribution in [0.5, 0.6) is 5.75 Å². The van der Waals surface area contributed by atoms with E-state index in [1.54, 1.807) is 6.07 Å². The van der Waals surface area contributed by atoms with Crippen molar-refractivity contribution in [2.75, 3.05) is 38.3 Å². The monoisotopic (exact) mass is 316 g/mol. The van der Waals surface area contributed by atoms with E-state index in [4.69, 9.17) is 9.47 Å². The fourth-order valence-corrected chi connectivity index (χ4v) is 2.60. The van der Waals surface area contributed by atoms with Crippen molar-refractivity contribution in [3.8, 4) is 5.75 Å². The van der Waals surface area contributed by atoms with Crippen LogP contribution in [0.15, 0.2) is 16.6 Å². The number of nitro benzene ring substituents is 1. The van der Waals surface area contributed by atoms with Gasteiger partial charge in [-0.2, -0.15) is 0 Å². The highest BCUT2D eigenvalue weighted by molar-refractivity contribution is 9.10. The normalized spacial score (nSPS) is 15.6. The van der Waals surface area contributed by atoms with Crippen LogP contribution in [0.3, 0.4) is 0 Å². The SMILES string of the molecule is COc1cc(Br)c(N2CCOCC2)c([N+](=O)[O-])c1. The zero-order valence-electron chi connectivity index (χ0n) is 9.89. The quantitative estimate of drug-likeness (QED) is 0.632. The number of morpholine rings is 1. The zero-order chi connectivity index (χ0) is 13.1. The molecule has 0 radical (unpaired) electrons. The number of rotatable bonds is 3. The maximum absolute atomic E-state index is 11.2. The van der Waals surface area contributed by atoms with Crippen LogP contribution in [0.25, 0.3) is 0 Å². The molecule has 0 spiro atoms. The highest BCUT2D eigenvalue weighted by atomic mass is 79.9. The van der Waals surface area contributed by atoms with E-state index in [1.165, 1.54) is 13.2 Å². The number of methoxy groups -OCH3 is 1. The Hall–Kier alpha value is -1.34. The highest BCUT2D eigenvalue weighted by Crippen LogP contribution is 2.39. The maximum Gasteiger partial charge on any atom is 0.297 e. The highest BCUT2D eigenvalue weighted by Gasteiger charge is 2.25. The first-order valence-electron chi connectivity index (χ1n) is 5.48. The summed E-state index contributed by atoms with van der Waals surface area (Å²) in [6, 6.07) is 3.17. The summed E-state index contributed by atoms with van der Waals surface area (Å²) >= 11 is 3.38. The minimum absolute atomic E-state index is 0.0446. The van der Waals surface area contributed by atoms with Crippen LogP contribution in [-0.4, -0.2) is 38.3 Å². The maximum atomic E-state index is 11.2. The van der Waals surface area contributed by atoms with E-state index in [9.17, 15) is 10.1 Å². The molecule has 1 heterocycles. The van der Waals surface area contributed by atoms with Crippen LogP contribution < -0.4 is 9.64 Å². The molecule has 7 heteroatoms. The number of anilines is 1. The molecular weight excluding hydrogens is 304 g/mol. The van der Waals surface area contributed by atoms with Gasteiger partial charge in [0.2, 0.25) is 0 Å². The minimum atomic E-state index is -0.391. The Kier molecular flexibility index (Phi) is 4.03. The Balaban J connectivity index is 2.46. The van der Waals surface area contributed by atoms with Crippen LogP contribution in [0.2, 0.25) is 0 Å². The van der Waals surface area contributed by atoms with E-state index in [1.807, 2.05) is 4.90 Å². The van der Waals surface area contributed by atoms with Gasteiger partial charge in [0.05, 0.1) is 35.8 Å². The summed E-state index contributed by atoms with van der Waals surface area (Å²) in [5.74, 6) is 0.464. The topological polar surface area (TPSA) is 64.8 Å². The van der Waals surface area contributed by atoms with Crippen molar-refractivity contribution in [1.82, 2.24) is 0 Å². The first kappa shape index (κ1) is 13.1. The minimum Gasteiger partial charge on any atom is -0.496 e. The fraction of sp³-hybridized carbons (Fsp3) is 0.455. The van der Waals surface area contributed by atoms with Crippen LogP contribution >= 0.6 is 15.9 Å². The van der Waals surface area contributed by atoms with Crippen molar-refractivity contribution in [3.63, 3.8) is 0 Å². The molecule has 18 heavy (non-hydrogen) atoms. The fourth-order valence-electron chi connectivity index (χ4n) is 1.92. The summed E-state index contributed by atoms with van der Waals surface area (Å²) in [5.41, 5.74) is 0.632. The Morgan fingerprint density at radius 2 is 2.11 bits per heavy atom. The number of hydrogen-bond donors (Lipinski definition) is 0. The van der Waals surface area contributed by atoms with Crippen molar-refractivity contribution in [3.05, 3.63) is 26.7 Å². The van der Waals surface area contributed by atoms with E-state index in [0.29, 0.717) is 42.2 Å². The molecule has 1 aliphatic heterocycles. The van der Waals surface area contributed by atoms with Crippen molar-refractivity contribution >= 4 is 27.3 Å². The number of ether oxygens (including phenoxy) is 2. The summed E-state index contributed by atoms with van der Waals surface area (Å²) in [7, 11) is 1.49. The molecule has 0 amide bonds. The summed E-state index contributed by atoms with van der Waals surface area (Å²) in [6.07, 6.45) is 0. The van der Waals surface area contributed by atoms with Gasteiger partial charge in [0.15, 0.2) is 0 Å². The molecule has 0 atom stereocenters. The van der Waals surface area contributed by atoms with Gasteiger partial charge in [0.1, 0.15) is 11.4 Å². The first-order chi connectivity index (χ1) is 8.63. The van der Waals surface area contributed by atoms with Gasteiger partial charge >= 0.3 is 0 Å². The molecule has 0 saturated carbocycles. The summed E-state index contributed by atoms with van der Waals surface area (Å²) in [6.45, 7) is 2.45. The van der Waals surface area contributed by atoms with Crippen LogP contribution in [0.4, 0.5) is 11.4 Å². The second kappa shape index (κ2) is 5.53. The Labute approximate surface area is 113 Å². The van der Waals surface area contributed by atoms with Gasteiger partial charge < -0.3 is 14.4 Å². The van der Waals surface area contributed by atoms with Crippen LogP contribution in [-0.2, 0) is 4.74 Å². The van der Waals surface area contributed by atoms with Gasteiger partial charge in [0, 0.05) is 13.1 Å². The zero-order valence-corrected chi connectivity index (χ0v) is 11.5. The molecular formula is C11H13BrN2O4. The van der Waals surface area contributed by atoms with Gasteiger partial charge in [0.25, 0.3) is 5.69 Å². The third-order valence-electron chi connectivity index (χ3n) is 2.78. The lowest BCUT2D eigenvalue weighted by atomic mass is 10.2. The number of nitrogens with zero attached hydrogens (tertiary/aromatic N) is 2. The molecule has 0 N–H and O–H groups in total. The lowest BCUT2D eigenvalue weighted by Gasteiger charge is -2.29. The average Bonchev–Trinajstić information content (AvgIpc) is 2.38. The molecule has 1 fully saturated rings. The van der Waals surface area contributed by atoms with Crippen LogP contribution in [0, 0.1) is 10.1 Å². The molecule has 1 aromatic carbocycles. The molecule has 0 aromatic heterocycles. The van der Waals surface area contributed by atoms with Crippen molar-refractivity contribution < 1.29 is 14.4 Å². The van der Waals surface area contributed by atoms with Gasteiger partial charge in [-0.25, -0.2) is 0 Å². The average molecular weight is 317 g/mol. The van der Waals surface area contributed by atoms with E-state index in [2.05, 4.69) is 15.9 Å². The van der Waals surface area contributed by atoms with Gasteiger partial charge in [-0.3, -0.25) is 10.1 Å². The van der Waals surface area contributed by atoms with Crippen molar-refractivity contribution in [2.45, 2.75) is 0 Å². The van der Waals surface area contributed by atoms with E-state index in [-0.39, 0.29) is 5.69 Å². The molecule has 6 nitrogen and oxygen atoms in total. The third kappa shape index (κ3) is 2.56. The summed E-state index contributed by atoms with van der Waals surface area (Å²) in [4.78, 5) is 12.7. The largest absolute Gasteiger partial charge is 0.496 e. The number of hydrogen-bond acceptors (Lipinski definition) is 5. The molecule has 1 aliphatic rings. The van der Waals surface area contributed by atoms with Gasteiger partial charge in [-0.1, -0.05) is 0 Å². The van der Waals surface area contributed by atoms with Crippen molar-refractivity contribution in [2.24, 2.45) is 0 Å². The van der Waals surface area contributed by atoms with Gasteiger partial charge in [-0.15, -0.1) is 0 Å².